The number of hydrogen-bond donors (Lipinski definition) is 3. The zero-order valence-electron chi connectivity index (χ0n) is 16.0. The number of rotatable bonds is 7. The Morgan fingerprint density at radius 3 is 2.48 bits per heavy atom. The van der Waals surface area contributed by atoms with Crippen molar-refractivity contribution in [3.05, 3.63) is 60.2 Å². The topological polar surface area (TPSA) is 105 Å². The summed E-state index contributed by atoms with van der Waals surface area (Å²) in [6.07, 6.45) is 0. The summed E-state index contributed by atoms with van der Waals surface area (Å²) < 4.78 is 5.13. The van der Waals surface area contributed by atoms with Gasteiger partial charge in [-0.25, -0.2) is 4.79 Å². The van der Waals surface area contributed by atoms with Gasteiger partial charge in [0.2, 0.25) is 11.0 Å². The Morgan fingerprint density at radius 2 is 1.79 bits per heavy atom. The number of carbonyl (C=O) groups is 2. The van der Waals surface area contributed by atoms with E-state index in [2.05, 4.69) is 26.1 Å². The van der Waals surface area contributed by atoms with Crippen LogP contribution in [-0.4, -0.2) is 35.3 Å². The molecule has 0 aliphatic heterocycles. The zero-order valence-corrected chi connectivity index (χ0v) is 16.8. The number of aromatic nitrogens is 2. The minimum atomic E-state index is -0.737. The van der Waals surface area contributed by atoms with Gasteiger partial charge in [-0.1, -0.05) is 41.7 Å². The standard InChI is InChI=1S/C20H21N5O3S/c1-13(22-19(27)21-12-14-6-4-3-5-7-14)17(26)23-20-25-24-18(29-20)15-8-10-16(28-2)11-9-15/h3-11,13H,12H2,1-2H3,(H2,21,22,27)(H,23,25,26). The van der Waals surface area contributed by atoms with Crippen molar-refractivity contribution in [2.24, 2.45) is 0 Å². The molecular weight excluding hydrogens is 390 g/mol. The molecule has 3 aromatic rings. The highest BCUT2D eigenvalue weighted by atomic mass is 32.1. The first-order valence-corrected chi connectivity index (χ1v) is 9.74. The maximum atomic E-state index is 12.3. The van der Waals surface area contributed by atoms with Gasteiger partial charge in [-0.05, 0) is 36.8 Å². The fraction of sp³-hybridized carbons (Fsp3) is 0.200. The minimum absolute atomic E-state index is 0.360. The van der Waals surface area contributed by atoms with Gasteiger partial charge in [-0.15, -0.1) is 10.2 Å². The molecule has 1 aromatic heterocycles. The molecule has 0 radical (unpaired) electrons. The van der Waals surface area contributed by atoms with Crippen molar-refractivity contribution >= 4 is 28.4 Å². The van der Waals surface area contributed by atoms with Crippen LogP contribution in [-0.2, 0) is 11.3 Å². The number of benzene rings is 2. The van der Waals surface area contributed by atoms with Crippen LogP contribution in [0.4, 0.5) is 9.93 Å². The van der Waals surface area contributed by atoms with Gasteiger partial charge >= 0.3 is 6.03 Å². The first kappa shape index (κ1) is 20.3. The third-order valence-corrected chi connectivity index (χ3v) is 4.92. The van der Waals surface area contributed by atoms with Crippen LogP contribution in [0.2, 0.25) is 0 Å². The van der Waals surface area contributed by atoms with Crippen molar-refractivity contribution in [2.45, 2.75) is 19.5 Å². The predicted octanol–water partition coefficient (Wildman–Crippen LogP) is 3.04. The SMILES string of the molecule is COc1ccc(-c2nnc(NC(=O)C(C)NC(=O)NCc3ccccc3)s2)cc1. The maximum Gasteiger partial charge on any atom is 0.315 e. The third-order valence-electron chi connectivity index (χ3n) is 4.03. The van der Waals surface area contributed by atoms with Crippen LogP contribution < -0.4 is 20.7 Å². The Balaban J connectivity index is 1.50. The van der Waals surface area contributed by atoms with Crippen LogP contribution in [0.3, 0.4) is 0 Å². The number of carbonyl (C=O) groups excluding carboxylic acids is 2. The van der Waals surface area contributed by atoms with Crippen molar-refractivity contribution < 1.29 is 14.3 Å². The average molecular weight is 411 g/mol. The van der Waals surface area contributed by atoms with Crippen LogP contribution >= 0.6 is 11.3 Å². The Morgan fingerprint density at radius 1 is 1.07 bits per heavy atom. The lowest BCUT2D eigenvalue weighted by Gasteiger charge is -2.13. The van der Waals surface area contributed by atoms with E-state index in [-0.39, 0.29) is 5.91 Å². The molecule has 1 heterocycles. The first-order chi connectivity index (χ1) is 14.0. The molecule has 3 rings (SSSR count). The van der Waals surface area contributed by atoms with E-state index in [0.717, 1.165) is 16.9 Å². The summed E-state index contributed by atoms with van der Waals surface area (Å²) in [5.41, 5.74) is 1.84. The van der Waals surface area contributed by atoms with Crippen molar-refractivity contribution in [3.63, 3.8) is 0 Å². The monoisotopic (exact) mass is 411 g/mol. The normalized spacial score (nSPS) is 11.4. The maximum absolute atomic E-state index is 12.3. The minimum Gasteiger partial charge on any atom is -0.497 e. The second-order valence-corrected chi connectivity index (χ2v) is 7.14. The molecular formula is C20H21N5O3S. The predicted molar refractivity (Wildman–Crippen MR) is 112 cm³/mol. The molecule has 9 heteroatoms. The van der Waals surface area contributed by atoms with Gasteiger partial charge in [0.25, 0.3) is 0 Å². The van der Waals surface area contributed by atoms with Gasteiger partial charge in [0, 0.05) is 12.1 Å². The molecule has 0 saturated heterocycles. The van der Waals surface area contributed by atoms with E-state index in [9.17, 15) is 9.59 Å². The number of urea groups is 1. The number of nitrogens with zero attached hydrogens (tertiary/aromatic N) is 2. The van der Waals surface area contributed by atoms with Crippen LogP contribution in [0, 0.1) is 0 Å². The lowest BCUT2D eigenvalue weighted by atomic mass is 10.2. The molecule has 3 N–H and O–H groups in total. The number of anilines is 1. The summed E-state index contributed by atoms with van der Waals surface area (Å²) >= 11 is 1.25. The highest BCUT2D eigenvalue weighted by molar-refractivity contribution is 7.18. The number of nitrogens with one attached hydrogen (secondary N) is 3. The number of amides is 3. The molecule has 0 aliphatic rings. The van der Waals surface area contributed by atoms with Crippen molar-refractivity contribution in [2.75, 3.05) is 12.4 Å². The Labute approximate surface area is 172 Å². The molecule has 1 unspecified atom stereocenters. The fourth-order valence-corrected chi connectivity index (χ4v) is 3.18. The second-order valence-electron chi connectivity index (χ2n) is 6.16. The molecule has 0 fully saturated rings. The summed E-state index contributed by atoms with van der Waals surface area (Å²) in [5.74, 6) is 0.370. The van der Waals surface area contributed by atoms with E-state index in [1.165, 1.54) is 11.3 Å². The van der Waals surface area contributed by atoms with E-state index in [1.807, 2.05) is 54.6 Å². The van der Waals surface area contributed by atoms with Gasteiger partial charge in [-0.2, -0.15) is 0 Å². The largest absolute Gasteiger partial charge is 0.497 e. The van der Waals surface area contributed by atoms with E-state index in [0.29, 0.717) is 16.7 Å². The van der Waals surface area contributed by atoms with Crippen LogP contribution in [0.15, 0.2) is 54.6 Å². The summed E-state index contributed by atoms with van der Waals surface area (Å²) in [6.45, 7) is 1.98. The molecule has 150 valence electrons. The molecule has 3 amide bonds. The van der Waals surface area contributed by atoms with Crippen LogP contribution in [0.5, 0.6) is 5.75 Å². The highest BCUT2D eigenvalue weighted by Gasteiger charge is 2.17. The van der Waals surface area contributed by atoms with Crippen molar-refractivity contribution in [1.29, 1.82) is 0 Å². The highest BCUT2D eigenvalue weighted by Crippen LogP contribution is 2.27. The molecule has 0 aliphatic carbocycles. The average Bonchev–Trinajstić information content (AvgIpc) is 3.21. The number of methoxy groups -OCH3 is 1. The molecule has 2 aromatic carbocycles. The molecule has 0 bridgehead atoms. The molecule has 0 spiro atoms. The molecule has 0 saturated carbocycles. The molecule has 8 nitrogen and oxygen atoms in total. The van der Waals surface area contributed by atoms with Gasteiger partial charge < -0.3 is 15.4 Å². The molecule has 1 atom stereocenters. The Hall–Kier alpha value is -3.46. The van der Waals surface area contributed by atoms with Crippen LogP contribution in [0.25, 0.3) is 10.6 Å². The number of ether oxygens (including phenoxy) is 1. The van der Waals surface area contributed by atoms with Crippen LogP contribution in [0.1, 0.15) is 12.5 Å². The van der Waals surface area contributed by atoms with E-state index in [1.54, 1.807) is 14.0 Å². The van der Waals surface area contributed by atoms with E-state index >= 15 is 0 Å². The summed E-state index contributed by atoms with van der Waals surface area (Å²) in [6, 6.07) is 15.7. The van der Waals surface area contributed by atoms with Gasteiger partial charge in [0.15, 0.2) is 0 Å². The van der Waals surface area contributed by atoms with Gasteiger partial charge in [0.05, 0.1) is 7.11 Å². The van der Waals surface area contributed by atoms with E-state index in [4.69, 9.17) is 4.74 Å². The Kier molecular flexibility index (Phi) is 6.75. The van der Waals surface area contributed by atoms with Gasteiger partial charge in [0.1, 0.15) is 16.8 Å². The van der Waals surface area contributed by atoms with Crippen molar-refractivity contribution in [3.8, 4) is 16.3 Å². The fourth-order valence-electron chi connectivity index (χ4n) is 2.43. The quantitative estimate of drug-likeness (QED) is 0.554. The lowest BCUT2D eigenvalue weighted by molar-refractivity contribution is -0.117. The van der Waals surface area contributed by atoms with Crippen molar-refractivity contribution in [1.82, 2.24) is 20.8 Å². The smallest absolute Gasteiger partial charge is 0.315 e. The first-order valence-electron chi connectivity index (χ1n) is 8.92. The zero-order chi connectivity index (χ0) is 20.6. The molecule has 29 heavy (non-hydrogen) atoms. The van der Waals surface area contributed by atoms with Gasteiger partial charge in [-0.3, -0.25) is 10.1 Å². The number of hydrogen-bond acceptors (Lipinski definition) is 6. The summed E-state index contributed by atoms with van der Waals surface area (Å²) in [4.78, 5) is 24.3. The third kappa shape index (κ3) is 5.76. The Bertz CT molecular complexity index is 960. The summed E-state index contributed by atoms with van der Waals surface area (Å²) in [7, 11) is 1.60. The second kappa shape index (κ2) is 9.65. The van der Waals surface area contributed by atoms with E-state index < -0.39 is 12.1 Å². The summed E-state index contributed by atoms with van der Waals surface area (Å²) in [5, 5.41) is 17.1. The lowest BCUT2D eigenvalue weighted by Crippen LogP contribution is -2.46.